The zero-order chi connectivity index (χ0) is 15.5. The summed E-state index contributed by atoms with van der Waals surface area (Å²) in [6, 6.07) is 2.91. The number of amides is 1. The minimum absolute atomic E-state index is 0.200. The molecule has 0 saturated carbocycles. The van der Waals surface area contributed by atoms with Crippen molar-refractivity contribution in [1.29, 1.82) is 0 Å². The largest absolute Gasteiger partial charge is 0.465 e. The Bertz CT molecular complexity index is 517. The first kappa shape index (κ1) is 16.8. The molecule has 0 aliphatic rings. The molecule has 0 fully saturated rings. The average Bonchev–Trinajstić information content (AvgIpc) is 2.30. The highest BCUT2D eigenvalue weighted by Gasteiger charge is 2.19. The van der Waals surface area contributed by atoms with Crippen LogP contribution in [0, 0.1) is 0 Å². The van der Waals surface area contributed by atoms with Gasteiger partial charge in [0.1, 0.15) is 5.60 Å². The van der Waals surface area contributed by atoms with Gasteiger partial charge in [-0.25, -0.2) is 9.59 Å². The number of rotatable bonds is 2. The monoisotopic (exact) mass is 363 g/mol. The Morgan fingerprint density at radius 3 is 2.35 bits per heavy atom. The van der Waals surface area contributed by atoms with Crippen LogP contribution in [0.15, 0.2) is 16.6 Å². The lowest BCUT2D eigenvalue weighted by Crippen LogP contribution is -2.27. The van der Waals surface area contributed by atoms with Gasteiger partial charge in [0, 0.05) is 4.47 Å². The van der Waals surface area contributed by atoms with Gasteiger partial charge in [0.05, 0.1) is 23.4 Å². The summed E-state index contributed by atoms with van der Waals surface area (Å²) < 4.78 is 10.2. The maximum atomic E-state index is 11.7. The first-order valence-corrected chi connectivity index (χ1v) is 6.88. The van der Waals surface area contributed by atoms with Crippen LogP contribution in [0.3, 0.4) is 0 Å². The Morgan fingerprint density at radius 1 is 1.30 bits per heavy atom. The molecule has 0 saturated heterocycles. The van der Waals surface area contributed by atoms with E-state index >= 15 is 0 Å². The first-order valence-electron chi connectivity index (χ1n) is 5.71. The molecule has 1 N–H and O–H groups in total. The lowest BCUT2D eigenvalue weighted by molar-refractivity contribution is 0.0599. The van der Waals surface area contributed by atoms with Crippen molar-refractivity contribution in [1.82, 2.24) is 0 Å². The summed E-state index contributed by atoms with van der Waals surface area (Å²) in [5.74, 6) is -0.517. The molecule has 0 bridgehead atoms. The average molecular weight is 365 g/mol. The van der Waals surface area contributed by atoms with Crippen LogP contribution in [0.1, 0.15) is 31.1 Å². The molecule has 0 spiro atoms. The minimum atomic E-state index is -0.633. The van der Waals surface area contributed by atoms with Gasteiger partial charge in [-0.3, -0.25) is 5.32 Å². The molecule has 0 heterocycles. The van der Waals surface area contributed by atoms with E-state index in [9.17, 15) is 9.59 Å². The molecule has 20 heavy (non-hydrogen) atoms. The molecule has 0 aliphatic heterocycles. The highest BCUT2D eigenvalue weighted by atomic mass is 79.9. The molecule has 1 aromatic carbocycles. The Labute approximate surface area is 130 Å². The van der Waals surface area contributed by atoms with Crippen LogP contribution in [0.2, 0.25) is 5.02 Å². The van der Waals surface area contributed by atoms with Gasteiger partial charge in [-0.1, -0.05) is 11.6 Å². The first-order chi connectivity index (χ1) is 9.14. The van der Waals surface area contributed by atoms with Crippen LogP contribution in [0.25, 0.3) is 0 Å². The summed E-state index contributed by atoms with van der Waals surface area (Å²) in [5.41, 5.74) is -0.0117. The molecule has 110 valence electrons. The number of esters is 1. The number of hydrogen-bond acceptors (Lipinski definition) is 4. The number of nitrogens with one attached hydrogen (secondary N) is 1. The van der Waals surface area contributed by atoms with Crippen molar-refractivity contribution in [3.05, 3.63) is 27.2 Å². The van der Waals surface area contributed by atoms with Crippen LogP contribution < -0.4 is 5.32 Å². The molecule has 5 nitrogen and oxygen atoms in total. The fraction of sp³-hybridized carbons (Fsp3) is 0.385. The van der Waals surface area contributed by atoms with Gasteiger partial charge in [0.2, 0.25) is 0 Å². The fourth-order valence-electron chi connectivity index (χ4n) is 1.33. The van der Waals surface area contributed by atoms with E-state index in [1.54, 1.807) is 20.8 Å². The molecule has 0 unspecified atom stereocenters. The summed E-state index contributed by atoms with van der Waals surface area (Å²) in [6.07, 6.45) is -0.633. The van der Waals surface area contributed by atoms with Crippen LogP contribution in [-0.2, 0) is 9.47 Å². The smallest absolute Gasteiger partial charge is 0.412 e. The van der Waals surface area contributed by atoms with E-state index in [0.717, 1.165) is 0 Å². The zero-order valence-corrected chi connectivity index (χ0v) is 13.9. The Balaban J connectivity index is 2.98. The van der Waals surface area contributed by atoms with Gasteiger partial charge in [0.15, 0.2) is 0 Å². The second-order valence-electron chi connectivity index (χ2n) is 4.93. The number of hydrogen-bond donors (Lipinski definition) is 1. The van der Waals surface area contributed by atoms with Crippen LogP contribution >= 0.6 is 27.5 Å². The second kappa shape index (κ2) is 6.45. The summed E-state index contributed by atoms with van der Waals surface area (Å²) >= 11 is 9.28. The lowest BCUT2D eigenvalue weighted by Gasteiger charge is -2.20. The zero-order valence-electron chi connectivity index (χ0n) is 11.5. The van der Waals surface area contributed by atoms with E-state index in [2.05, 4.69) is 26.0 Å². The number of carbonyl (C=O) groups excluding carboxylic acids is 2. The molecule has 0 atom stereocenters. The number of ether oxygens (including phenoxy) is 2. The maximum Gasteiger partial charge on any atom is 0.412 e. The molecule has 1 aromatic rings. The van der Waals surface area contributed by atoms with E-state index < -0.39 is 17.7 Å². The third kappa shape index (κ3) is 4.68. The van der Waals surface area contributed by atoms with Crippen LogP contribution in [-0.4, -0.2) is 24.8 Å². The van der Waals surface area contributed by atoms with Gasteiger partial charge in [-0.05, 0) is 48.8 Å². The molecule has 1 amide bonds. The van der Waals surface area contributed by atoms with Crippen molar-refractivity contribution in [3.8, 4) is 0 Å². The van der Waals surface area contributed by atoms with Crippen molar-refractivity contribution >= 4 is 45.3 Å². The second-order valence-corrected chi connectivity index (χ2v) is 6.19. The van der Waals surface area contributed by atoms with E-state index in [1.807, 2.05) is 0 Å². The number of benzene rings is 1. The Morgan fingerprint density at radius 2 is 1.90 bits per heavy atom. The van der Waals surface area contributed by atoms with Crippen molar-refractivity contribution in [2.45, 2.75) is 26.4 Å². The summed E-state index contributed by atoms with van der Waals surface area (Å²) in [4.78, 5) is 23.1. The van der Waals surface area contributed by atoms with Crippen molar-refractivity contribution in [2.75, 3.05) is 12.4 Å². The van der Waals surface area contributed by atoms with Crippen molar-refractivity contribution < 1.29 is 19.1 Å². The standard InChI is InChI=1S/C13H15BrClNO4/c1-13(2,3)20-12(18)16-10-8(14)5-7(6-9(10)15)11(17)19-4/h5-6H,1-4H3,(H,16,18). The number of halogens is 2. The van der Waals surface area contributed by atoms with Gasteiger partial charge in [0.25, 0.3) is 0 Å². The molecule has 1 rings (SSSR count). The van der Waals surface area contributed by atoms with Gasteiger partial charge in [-0.2, -0.15) is 0 Å². The number of methoxy groups -OCH3 is 1. The lowest BCUT2D eigenvalue weighted by atomic mass is 10.2. The van der Waals surface area contributed by atoms with E-state index in [-0.39, 0.29) is 10.6 Å². The van der Waals surface area contributed by atoms with E-state index in [4.69, 9.17) is 16.3 Å². The quantitative estimate of drug-likeness (QED) is 0.797. The summed E-state index contributed by atoms with van der Waals surface area (Å²) in [5, 5.41) is 2.73. The molecule has 0 aliphatic carbocycles. The molecule has 0 aromatic heterocycles. The molecule has 0 radical (unpaired) electrons. The normalized spacial score (nSPS) is 10.9. The predicted molar refractivity (Wildman–Crippen MR) is 80.3 cm³/mol. The SMILES string of the molecule is COC(=O)c1cc(Cl)c(NC(=O)OC(C)(C)C)c(Br)c1. The number of carbonyl (C=O) groups is 2. The highest BCUT2D eigenvalue weighted by molar-refractivity contribution is 9.10. The van der Waals surface area contributed by atoms with Crippen LogP contribution in [0.4, 0.5) is 10.5 Å². The van der Waals surface area contributed by atoms with Crippen molar-refractivity contribution in [3.63, 3.8) is 0 Å². The summed E-state index contributed by atoms with van der Waals surface area (Å²) in [6.45, 7) is 5.26. The minimum Gasteiger partial charge on any atom is -0.465 e. The molecular weight excluding hydrogens is 350 g/mol. The van der Waals surface area contributed by atoms with Crippen molar-refractivity contribution in [2.24, 2.45) is 0 Å². The van der Waals surface area contributed by atoms with Gasteiger partial charge >= 0.3 is 12.1 Å². The molecular formula is C13H15BrClNO4. The van der Waals surface area contributed by atoms with Gasteiger partial charge < -0.3 is 9.47 Å². The van der Waals surface area contributed by atoms with E-state index in [1.165, 1.54) is 19.2 Å². The van der Waals surface area contributed by atoms with Crippen LogP contribution in [0.5, 0.6) is 0 Å². The maximum absolute atomic E-state index is 11.7. The predicted octanol–water partition coefficient (Wildman–Crippen LogP) is 4.24. The van der Waals surface area contributed by atoms with E-state index in [0.29, 0.717) is 10.2 Å². The molecule has 7 heteroatoms. The third-order valence-corrected chi connectivity index (χ3v) is 3.01. The summed E-state index contributed by atoms with van der Waals surface area (Å²) in [7, 11) is 1.27. The Kier molecular flexibility index (Phi) is 5.42. The fourth-order valence-corrected chi connectivity index (χ4v) is 2.27. The number of anilines is 1. The third-order valence-electron chi connectivity index (χ3n) is 2.09. The van der Waals surface area contributed by atoms with Gasteiger partial charge in [-0.15, -0.1) is 0 Å². The Hall–Kier alpha value is -1.27. The highest BCUT2D eigenvalue weighted by Crippen LogP contribution is 2.32. The topological polar surface area (TPSA) is 64.6 Å².